The fourth-order valence-corrected chi connectivity index (χ4v) is 2.95. The standard InChI is InChI=1S/C16H24O3/c1-4-16(5-2,19-6-3)15(17)13-9-7-8-12-10-11-18-14(12)13/h7-9,15,17H,4-6,10-11H2,1-3H3. The molecular weight excluding hydrogens is 240 g/mol. The molecule has 0 saturated heterocycles. The van der Waals surface area contributed by atoms with Crippen molar-refractivity contribution < 1.29 is 14.6 Å². The molecule has 0 amide bonds. The lowest BCUT2D eigenvalue weighted by Gasteiger charge is -2.37. The molecule has 0 spiro atoms. The first-order valence-electron chi connectivity index (χ1n) is 7.25. The normalized spacial score (nSPS) is 16.0. The molecule has 1 aliphatic rings. The van der Waals surface area contributed by atoms with Crippen LogP contribution < -0.4 is 4.74 Å². The molecule has 0 radical (unpaired) electrons. The molecule has 1 heterocycles. The number of hydrogen-bond donors (Lipinski definition) is 1. The fraction of sp³-hybridized carbons (Fsp3) is 0.625. The summed E-state index contributed by atoms with van der Waals surface area (Å²) in [5, 5.41) is 10.8. The second kappa shape index (κ2) is 5.93. The molecule has 0 saturated carbocycles. The van der Waals surface area contributed by atoms with Gasteiger partial charge in [0.25, 0.3) is 0 Å². The van der Waals surface area contributed by atoms with Crippen LogP contribution in [0.3, 0.4) is 0 Å². The summed E-state index contributed by atoms with van der Waals surface area (Å²) >= 11 is 0. The van der Waals surface area contributed by atoms with Crippen LogP contribution in [0.1, 0.15) is 50.8 Å². The third-order valence-electron chi connectivity index (χ3n) is 4.17. The van der Waals surface area contributed by atoms with Gasteiger partial charge in [0.1, 0.15) is 11.9 Å². The van der Waals surface area contributed by atoms with Crippen LogP contribution in [0.25, 0.3) is 0 Å². The maximum absolute atomic E-state index is 10.8. The Balaban J connectivity index is 2.37. The highest BCUT2D eigenvalue weighted by molar-refractivity contribution is 5.46. The van der Waals surface area contributed by atoms with Crippen molar-refractivity contribution in [3.63, 3.8) is 0 Å². The summed E-state index contributed by atoms with van der Waals surface area (Å²) in [6, 6.07) is 6.01. The molecule has 1 aromatic carbocycles. The van der Waals surface area contributed by atoms with Crippen LogP contribution in [0.2, 0.25) is 0 Å². The van der Waals surface area contributed by atoms with Crippen LogP contribution in [0.4, 0.5) is 0 Å². The number of aliphatic hydroxyl groups is 1. The van der Waals surface area contributed by atoms with Gasteiger partial charge in [-0.3, -0.25) is 0 Å². The van der Waals surface area contributed by atoms with Gasteiger partial charge in [-0.05, 0) is 25.3 Å². The lowest BCUT2D eigenvalue weighted by Crippen LogP contribution is -2.38. The van der Waals surface area contributed by atoms with Gasteiger partial charge in [0.05, 0.1) is 12.2 Å². The highest BCUT2D eigenvalue weighted by Crippen LogP contribution is 2.41. The topological polar surface area (TPSA) is 38.7 Å². The van der Waals surface area contributed by atoms with E-state index in [2.05, 4.69) is 19.9 Å². The third kappa shape index (κ3) is 2.49. The van der Waals surface area contributed by atoms with Crippen molar-refractivity contribution in [1.29, 1.82) is 0 Å². The lowest BCUT2D eigenvalue weighted by atomic mass is 9.85. The van der Waals surface area contributed by atoms with Crippen LogP contribution in [0, 0.1) is 0 Å². The van der Waals surface area contributed by atoms with Gasteiger partial charge in [0.15, 0.2) is 0 Å². The van der Waals surface area contributed by atoms with Crippen molar-refractivity contribution >= 4 is 0 Å². The first-order chi connectivity index (χ1) is 9.18. The molecule has 106 valence electrons. The van der Waals surface area contributed by atoms with Crippen molar-refractivity contribution in [3.8, 4) is 5.75 Å². The first kappa shape index (κ1) is 14.4. The third-order valence-corrected chi connectivity index (χ3v) is 4.17. The second-order valence-electron chi connectivity index (χ2n) is 5.04. The zero-order valence-corrected chi connectivity index (χ0v) is 12.1. The van der Waals surface area contributed by atoms with Crippen LogP contribution in [-0.4, -0.2) is 23.9 Å². The van der Waals surface area contributed by atoms with E-state index in [-0.39, 0.29) is 0 Å². The van der Waals surface area contributed by atoms with E-state index in [9.17, 15) is 5.11 Å². The Hall–Kier alpha value is -1.06. The number of rotatable bonds is 6. The van der Waals surface area contributed by atoms with E-state index in [0.29, 0.717) is 13.2 Å². The highest BCUT2D eigenvalue weighted by atomic mass is 16.5. The van der Waals surface area contributed by atoms with Gasteiger partial charge in [-0.25, -0.2) is 0 Å². The number of benzene rings is 1. The van der Waals surface area contributed by atoms with Gasteiger partial charge >= 0.3 is 0 Å². The summed E-state index contributed by atoms with van der Waals surface area (Å²) in [6.45, 7) is 7.41. The molecule has 1 unspecified atom stereocenters. The predicted octanol–water partition coefficient (Wildman–Crippen LogP) is 3.25. The zero-order chi connectivity index (χ0) is 13.9. The minimum absolute atomic E-state index is 0.518. The number of ether oxygens (including phenoxy) is 2. The minimum atomic E-state index is -0.643. The number of para-hydroxylation sites is 1. The van der Waals surface area contributed by atoms with Crippen molar-refractivity contribution in [2.75, 3.05) is 13.2 Å². The van der Waals surface area contributed by atoms with Gasteiger partial charge in [-0.15, -0.1) is 0 Å². The minimum Gasteiger partial charge on any atom is -0.493 e. The summed E-state index contributed by atoms with van der Waals surface area (Å²) in [6.07, 6.45) is 1.84. The molecular formula is C16H24O3. The largest absolute Gasteiger partial charge is 0.493 e. The van der Waals surface area contributed by atoms with E-state index in [0.717, 1.165) is 30.6 Å². The molecule has 2 rings (SSSR count). The van der Waals surface area contributed by atoms with Crippen molar-refractivity contribution in [2.24, 2.45) is 0 Å². The lowest BCUT2D eigenvalue weighted by molar-refractivity contribution is -0.128. The second-order valence-corrected chi connectivity index (χ2v) is 5.04. The summed E-state index contributed by atoms with van der Waals surface area (Å²) in [5.74, 6) is 0.862. The molecule has 0 aromatic heterocycles. The molecule has 1 atom stereocenters. The molecule has 1 N–H and O–H groups in total. The van der Waals surface area contributed by atoms with E-state index < -0.39 is 11.7 Å². The highest BCUT2D eigenvalue weighted by Gasteiger charge is 2.38. The van der Waals surface area contributed by atoms with Crippen LogP contribution in [0.5, 0.6) is 5.75 Å². The van der Waals surface area contributed by atoms with Crippen molar-refractivity contribution in [1.82, 2.24) is 0 Å². The smallest absolute Gasteiger partial charge is 0.128 e. The molecule has 0 aliphatic carbocycles. The van der Waals surface area contributed by atoms with E-state index >= 15 is 0 Å². The quantitative estimate of drug-likeness (QED) is 0.857. The van der Waals surface area contributed by atoms with Gasteiger partial charge in [0.2, 0.25) is 0 Å². The van der Waals surface area contributed by atoms with Crippen molar-refractivity contribution in [3.05, 3.63) is 29.3 Å². The van der Waals surface area contributed by atoms with Crippen LogP contribution >= 0.6 is 0 Å². The number of aliphatic hydroxyl groups excluding tert-OH is 1. The van der Waals surface area contributed by atoms with Gasteiger partial charge in [-0.2, -0.15) is 0 Å². The van der Waals surface area contributed by atoms with E-state index in [1.807, 2.05) is 19.1 Å². The Morgan fingerprint density at radius 2 is 2.05 bits per heavy atom. The molecule has 0 bridgehead atoms. The average Bonchev–Trinajstić information content (AvgIpc) is 2.92. The summed E-state index contributed by atoms with van der Waals surface area (Å²) in [7, 11) is 0. The fourth-order valence-electron chi connectivity index (χ4n) is 2.95. The molecule has 19 heavy (non-hydrogen) atoms. The van der Waals surface area contributed by atoms with E-state index in [1.165, 1.54) is 5.56 Å². The molecule has 3 nitrogen and oxygen atoms in total. The SMILES string of the molecule is CCOC(CC)(CC)C(O)c1cccc2c1OCC2. The maximum atomic E-state index is 10.8. The Labute approximate surface area is 115 Å². The summed E-state index contributed by atoms with van der Waals surface area (Å²) in [5.41, 5.74) is 1.54. The van der Waals surface area contributed by atoms with E-state index in [4.69, 9.17) is 9.47 Å². The monoisotopic (exact) mass is 264 g/mol. The van der Waals surface area contributed by atoms with Gasteiger partial charge in [-0.1, -0.05) is 32.0 Å². The van der Waals surface area contributed by atoms with Crippen LogP contribution in [0.15, 0.2) is 18.2 Å². The molecule has 1 aliphatic heterocycles. The zero-order valence-electron chi connectivity index (χ0n) is 12.1. The Morgan fingerprint density at radius 1 is 1.32 bits per heavy atom. The summed E-state index contributed by atoms with van der Waals surface area (Å²) < 4.78 is 11.6. The average molecular weight is 264 g/mol. The molecule has 0 fully saturated rings. The predicted molar refractivity (Wildman–Crippen MR) is 75.5 cm³/mol. The summed E-state index contributed by atoms with van der Waals surface area (Å²) in [4.78, 5) is 0. The Bertz CT molecular complexity index is 424. The molecule has 1 aromatic rings. The molecule has 3 heteroatoms. The van der Waals surface area contributed by atoms with Crippen molar-refractivity contribution in [2.45, 2.75) is 51.7 Å². The van der Waals surface area contributed by atoms with Gasteiger partial charge < -0.3 is 14.6 Å². The van der Waals surface area contributed by atoms with E-state index in [1.54, 1.807) is 0 Å². The first-order valence-corrected chi connectivity index (χ1v) is 7.25. The Morgan fingerprint density at radius 3 is 2.68 bits per heavy atom. The number of hydrogen-bond acceptors (Lipinski definition) is 3. The number of fused-ring (bicyclic) bond motifs is 1. The van der Waals surface area contributed by atoms with Crippen LogP contribution in [-0.2, 0) is 11.2 Å². The maximum Gasteiger partial charge on any atom is 0.128 e. The van der Waals surface area contributed by atoms with Gasteiger partial charge in [0, 0.05) is 18.6 Å². The Kier molecular flexibility index (Phi) is 4.48.